The van der Waals surface area contributed by atoms with Crippen LogP contribution in [0.4, 0.5) is 39.5 Å². The lowest BCUT2D eigenvalue weighted by atomic mass is 10.2. The number of halogens is 9. The van der Waals surface area contributed by atoms with Crippen molar-refractivity contribution in [2.45, 2.75) is 114 Å². The van der Waals surface area contributed by atoms with Gasteiger partial charge in [0, 0.05) is 19.8 Å². The van der Waals surface area contributed by atoms with Crippen LogP contribution < -0.4 is 0 Å². The Labute approximate surface area is 223 Å². The van der Waals surface area contributed by atoms with Crippen molar-refractivity contribution in [2.75, 3.05) is 19.8 Å². The van der Waals surface area contributed by atoms with Crippen LogP contribution in [0.5, 0.6) is 0 Å². The zero-order valence-corrected chi connectivity index (χ0v) is 21.1. The van der Waals surface area contributed by atoms with Crippen LogP contribution in [-0.4, -0.2) is 83.4 Å². The van der Waals surface area contributed by atoms with Crippen molar-refractivity contribution in [3.8, 4) is 0 Å². The first-order valence-electron chi connectivity index (χ1n) is 12.7. The lowest BCUT2D eigenvalue weighted by molar-refractivity contribution is -0.381. The third-order valence-corrected chi connectivity index (χ3v) is 5.78. The van der Waals surface area contributed by atoms with Gasteiger partial charge in [-0.3, -0.25) is 0 Å². The van der Waals surface area contributed by atoms with Gasteiger partial charge in [-0.05, 0) is 57.8 Å². The maximum absolute atomic E-state index is 14.4. The molecule has 0 saturated carbocycles. The molecule has 234 valence electrons. The van der Waals surface area contributed by atoms with Crippen LogP contribution >= 0.6 is 0 Å². The zero-order chi connectivity index (χ0) is 29.4. The fraction of sp³-hybridized carbons (Fsp3) is 1.00. The fourth-order valence-electron chi connectivity index (χ4n) is 3.71. The number of rotatable bonds is 15. The Kier molecular flexibility index (Phi) is 12.6. The third kappa shape index (κ3) is 10.4. The number of hydrogen-bond acceptors (Lipinski definition) is 9. The molecule has 3 fully saturated rings. The van der Waals surface area contributed by atoms with E-state index < -0.39 is 63.6 Å². The molecule has 6 atom stereocenters. The molecule has 0 amide bonds. The molecular weight excluding hydrogens is 578 g/mol. The Balaban J connectivity index is 1.70. The van der Waals surface area contributed by atoms with Crippen molar-refractivity contribution in [3.05, 3.63) is 0 Å². The second-order valence-electron chi connectivity index (χ2n) is 9.07. The molecule has 0 aromatic carbocycles. The van der Waals surface area contributed by atoms with E-state index in [0.717, 1.165) is 0 Å². The van der Waals surface area contributed by atoms with E-state index in [1.165, 1.54) is 0 Å². The minimum atomic E-state index is -5.32. The Morgan fingerprint density at radius 2 is 0.775 bits per heavy atom. The highest BCUT2D eigenvalue weighted by Gasteiger charge is 2.59. The quantitative estimate of drug-likeness (QED) is 0.181. The summed E-state index contributed by atoms with van der Waals surface area (Å²) in [7, 11) is -3.99. The van der Waals surface area contributed by atoms with Gasteiger partial charge in [-0.15, -0.1) is 0 Å². The van der Waals surface area contributed by atoms with E-state index in [0.29, 0.717) is 38.5 Å². The van der Waals surface area contributed by atoms with Gasteiger partial charge in [0.15, 0.2) is 18.9 Å². The first kappa shape index (κ1) is 33.6. The zero-order valence-electron chi connectivity index (χ0n) is 21.1. The molecule has 6 unspecified atom stereocenters. The molecule has 0 radical (unpaired) electrons. The van der Waals surface area contributed by atoms with Gasteiger partial charge >= 0.3 is 25.6 Å². The lowest BCUT2D eigenvalue weighted by Crippen LogP contribution is -2.53. The number of alkyl halides is 9. The average molecular weight is 608 g/mol. The molecule has 0 N–H and O–H groups in total. The SMILES string of the molecule is FC(OC1CCCCO1)C(F)(F)OB(OC(F)(F)C(F)OC1CCCCO1)OC(F)(F)C(F)OC1CCCCO1. The molecule has 0 spiro atoms. The lowest BCUT2D eigenvalue weighted by Gasteiger charge is -2.33. The van der Waals surface area contributed by atoms with Crippen LogP contribution in [0.3, 0.4) is 0 Å². The Hall–Kier alpha value is -0.925. The summed E-state index contributed by atoms with van der Waals surface area (Å²) in [5.41, 5.74) is 0. The fourth-order valence-corrected chi connectivity index (χ4v) is 3.71. The minimum Gasteiger partial charge on any atom is -0.353 e. The van der Waals surface area contributed by atoms with Gasteiger partial charge < -0.3 is 42.4 Å². The van der Waals surface area contributed by atoms with E-state index >= 15 is 0 Å². The second-order valence-corrected chi connectivity index (χ2v) is 9.07. The van der Waals surface area contributed by atoms with E-state index in [4.69, 9.17) is 14.2 Å². The molecule has 9 nitrogen and oxygen atoms in total. The van der Waals surface area contributed by atoms with E-state index in [-0.39, 0.29) is 39.1 Å². The maximum Gasteiger partial charge on any atom is 0.652 e. The molecule has 3 rings (SSSR count). The molecule has 0 aliphatic carbocycles. The first-order valence-corrected chi connectivity index (χ1v) is 12.7. The summed E-state index contributed by atoms with van der Waals surface area (Å²) in [4.78, 5) is 0. The first-order chi connectivity index (χ1) is 18.8. The summed E-state index contributed by atoms with van der Waals surface area (Å²) < 4.78 is 168. The van der Waals surface area contributed by atoms with Crippen molar-refractivity contribution < 1.29 is 81.9 Å². The van der Waals surface area contributed by atoms with Gasteiger partial charge in [0.2, 0.25) is 0 Å². The highest BCUT2D eigenvalue weighted by Crippen LogP contribution is 2.36. The number of ether oxygens (including phenoxy) is 6. The smallest absolute Gasteiger partial charge is 0.353 e. The predicted molar refractivity (Wildman–Crippen MR) is 113 cm³/mol. The van der Waals surface area contributed by atoms with E-state index in [1.54, 1.807) is 0 Å². The van der Waals surface area contributed by atoms with Gasteiger partial charge in [-0.1, -0.05) is 0 Å². The maximum atomic E-state index is 14.4. The van der Waals surface area contributed by atoms with Crippen molar-refractivity contribution in [3.63, 3.8) is 0 Å². The predicted octanol–water partition coefficient (Wildman–Crippen LogP) is 5.32. The molecule has 3 saturated heterocycles. The molecule has 3 aliphatic heterocycles. The molecule has 3 aliphatic rings. The van der Waals surface area contributed by atoms with E-state index in [9.17, 15) is 39.5 Å². The molecule has 40 heavy (non-hydrogen) atoms. The monoisotopic (exact) mass is 608 g/mol. The molecule has 3 heterocycles. The van der Waals surface area contributed by atoms with E-state index in [2.05, 4.69) is 28.2 Å². The van der Waals surface area contributed by atoms with Crippen LogP contribution in [0, 0.1) is 0 Å². The summed E-state index contributed by atoms with van der Waals surface area (Å²) in [6.45, 7) is 0.0902. The summed E-state index contributed by atoms with van der Waals surface area (Å²) in [6, 6.07) is 0. The Morgan fingerprint density at radius 1 is 0.500 bits per heavy atom. The van der Waals surface area contributed by atoms with Gasteiger partial charge in [0.05, 0.1) is 0 Å². The Morgan fingerprint density at radius 3 is 1.00 bits per heavy atom. The highest BCUT2D eigenvalue weighted by atomic mass is 19.3. The van der Waals surface area contributed by atoms with Crippen LogP contribution in [0.2, 0.25) is 0 Å². The normalized spacial score (nSPS) is 27.7. The van der Waals surface area contributed by atoms with Gasteiger partial charge in [0.1, 0.15) is 0 Å². The highest BCUT2D eigenvalue weighted by molar-refractivity contribution is 6.36. The van der Waals surface area contributed by atoms with Crippen molar-refractivity contribution in [1.29, 1.82) is 0 Å². The van der Waals surface area contributed by atoms with Crippen LogP contribution in [0.15, 0.2) is 0 Å². The van der Waals surface area contributed by atoms with Crippen molar-refractivity contribution in [2.24, 2.45) is 0 Å². The van der Waals surface area contributed by atoms with Crippen LogP contribution in [0.1, 0.15) is 57.8 Å². The van der Waals surface area contributed by atoms with Crippen LogP contribution in [-0.2, 0) is 42.4 Å². The summed E-state index contributed by atoms with van der Waals surface area (Å²) in [6.07, 6.45) is -29.1. The molecule has 19 heteroatoms. The molecule has 0 bridgehead atoms. The van der Waals surface area contributed by atoms with Crippen molar-refractivity contribution >= 4 is 7.32 Å². The van der Waals surface area contributed by atoms with Crippen molar-refractivity contribution in [1.82, 2.24) is 0 Å². The minimum absolute atomic E-state index is 0.0301. The van der Waals surface area contributed by atoms with Gasteiger partial charge in [0.25, 0.3) is 19.1 Å². The standard InChI is InChI=1S/C21H30BF9O9/c23-16(35-13-7-1-4-10-32-13)19(26,27)38-22(39-20(28,29)17(24)36-14-8-2-5-11-33-14)40-21(30,31)18(25)37-15-9-3-6-12-34-15/h13-18H,1-12H2. The van der Waals surface area contributed by atoms with Gasteiger partial charge in [-0.25, -0.2) is 13.2 Å². The van der Waals surface area contributed by atoms with Gasteiger partial charge in [-0.2, -0.15) is 26.3 Å². The summed E-state index contributed by atoms with van der Waals surface area (Å²) in [5.74, 6) is 0. The summed E-state index contributed by atoms with van der Waals surface area (Å²) in [5, 5.41) is 0. The summed E-state index contributed by atoms with van der Waals surface area (Å²) >= 11 is 0. The van der Waals surface area contributed by atoms with Crippen LogP contribution in [0.25, 0.3) is 0 Å². The largest absolute Gasteiger partial charge is 0.652 e. The Bertz CT molecular complexity index is 647. The molecule has 0 aromatic rings. The molecular formula is C21H30BF9O9. The second kappa shape index (κ2) is 15.0. The average Bonchev–Trinajstić information content (AvgIpc) is 2.89. The van der Waals surface area contributed by atoms with E-state index in [1.807, 2.05) is 0 Å². The third-order valence-electron chi connectivity index (χ3n) is 5.78. The molecule has 0 aromatic heterocycles. The topological polar surface area (TPSA) is 83.1 Å². The number of hydrogen-bond donors (Lipinski definition) is 0.